The van der Waals surface area contributed by atoms with Crippen molar-refractivity contribution < 1.29 is 48.1 Å². The fourth-order valence-corrected chi connectivity index (χ4v) is 11.1. The molecule has 0 aromatic rings. The Hall–Kier alpha value is -2.78. The van der Waals surface area contributed by atoms with Gasteiger partial charge in [-0.1, -0.05) is 309 Å². The van der Waals surface area contributed by atoms with Crippen LogP contribution in [0, 0.1) is 0 Å². The first kappa shape index (κ1) is 78.2. The smallest absolute Gasteiger partial charge is 0.306 e. The monoisotopic (exact) mass is 1140 g/mol. The van der Waals surface area contributed by atoms with E-state index in [2.05, 4.69) is 13.8 Å². The summed E-state index contributed by atoms with van der Waals surface area (Å²) < 4.78 is 16.2. The lowest BCUT2D eigenvalue weighted by atomic mass is 10.0. The van der Waals surface area contributed by atoms with Gasteiger partial charge in [-0.25, -0.2) is 0 Å². The fraction of sp³-hybridized carbons (Fsp3) is 0.915. The first-order chi connectivity index (χ1) is 39.7. The third-order valence-electron chi connectivity index (χ3n) is 16.5. The molecule has 476 valence electrons. The highest BCUT2D eigenvalue weighted by Gasteiger charge is 2.20. The summed E-state index contributed by atoms with van der Waals surface area (Å²) in [6, 6.07) is 0. The molecule has 0 rings (SSSR count). The summed E-state index contributed by atoms with van der Waals surface area (Å²) in [6.45, 7) is 4.06. The zero-order valence-corrected chi connectivity index (χ0v) is 53.5. The van der Waals surface area contributed by atoms with Crippen molar-refractivity contribution in [2.45, 2.75) is 405 Å². The van der Waals surface area contributed by atoms with Gasteiger partial charge < -0.3 is 19.3 Å². The minimum absolute atomic E-state index is 0.244. The van der Waals surface area contributed by atoms with E-state index in [9.17, 15) is 28.8 Å². The summed E-state index contributed by atoms with van der Waals surface area (Å²) in [4.78, 5) is 72.9. The third-order valence-corrected chi connectivity index (χ3v) is 16.5. The molecule has 0 heterocycles. The predicted molar refractivity (Wildman–Crippen MR) is 338 cm³/mol. The molecule has 0 amide bonds. The van der Waals surface area contributed by atoms with E-state index in [1.807, 2.05) is 0 Å². The first-order valence-electron chi connectivity index (χ1n) is 35.4. The second-order valence-corrected chi connectivity index (χ2v) is 24.6. The number of aliphatic carboxylic acids is 1. The molecule has 0 unspecified atom stereocenters. The molecule has 1 N–H and O–H groups in total. The minimum atomic E-state index is -1.11. The van der Waals surface area contributed by atoms with E-state index in [0.29, 0.717) is 24.4 Å². The zero-order chi connectivity index (χ0) is 59.0. The Labute approximate surface area is 499 Å². The molecule has 10 heteroatoms. The molecule has 0 radical (unpaired) electrons. The van der Waals surface area contributed by atoms with Gasteiger partial charge >= 0.3 is 23.9 Å². The standard InChI is InChI=1S/C71H132O10/c1-3-5-7-9-11-13-15-19-25-31-37-43-49-55-65(72)57-51-45-39-33-27-21-17-23-29-35-41-47-53-59-69(76)79-63-67(81-71(78)62-61-68(74)75)64-80-70(77)60-54-48-42-36-30-24-18-22-28-34-40-46-52-58-66(73)56-50-44-38-32-26-20-16-14-12-10-8-6-4-2/h67H,3-64H2,1-2H3,(H,74,75). The van der Waals surface area contributed by atoms with Crippen molar-refractivity contribution in [1.29, 1.82) is 0 Å². The van der Waals surface area contributed by atoms with Crippen LogP contribution in [0.5, 0.6) is 0 Å². The quantitative estimate of drug-likeness (QED) is 0.0354. The third kappa shape index (κ3) is 64.6. The lowest BCUT2D eigenvalue weighted by molar-refractivity contribution is -0.167. The predicted octanol–water partition coefficient (Wildman–Crippen LogP) is 21.7. The molecule has 0 aliphatic heterocycles. The van der Waals surface area contributed by atoms with Gasteiger partial charge in [-0.05, 0) is 38.5 Å². The number of hydrogen-bond donors (Lipinski definition) is 1. The van der Waals surface area contributed by atoms with E-state index in [1.165, 1.54) is 257 Å². The summed E-state index contributed by atoms with van der Waals surface area (Å²) >= 11 is 0. The number of unbranched alkanes of at least 4 members (excludes halogenated alkanes) is 48. The van der Waals surface area contributed by atoms with Crippen LogP contribution in [0.2, 0.25) is 0 Å². The number of carboxylic acid groups (broad SMARTS) is 1. The van der Waals surface area contributed by atoms with Gasteiger partial charge in [-0.3, -0.25) is 28.8 Å². The number of ketones is 2. The number of carbonyl (C=O) groups is 6. The Morgan fingerprint density at radius 3 is 0.654 bits per heavy atom. The van der Waals surface area contributed by atoms with Gasteiger partial charge in [0.2, 0.25) is 0 Å². The van der Waals surface area contributed by atoms with Crippen LogP contribution in [-0.4, -0.2) is 59.9 Å². The highest BCUT2D eigenvalue weighted by Crippen LogP contribution is 2.19. The summed E-state index contributed by atoms with van der Waals surface area (Å²) in [5.41, 5.74) is 0. The SMILES string of the molecule is CCCCCCCCCCCCCCCC(=O)CCCCCCCCCCCCCCCC(=O)OCC(COC(=O)CCCCCCCCCCCCCCCC(=O)CCCCCCCCCCCCCCC)OC(=O)CCC(=O)O. The second-order valence-electron chi connectivity index (χ2n) is 24.6. The van der Waals surface area contributed by atoms with Crippen LogP contribution in [0.4, 0.5) is 0 Å². The molecule has 0 saturated heterocycles. The van der Waals surface area contributed by atoms with E-state index in [1.54, 1.807) is 0 Å². The van der Waals surface area contributed by atoms with E-state index >= 15 is 0 Å². The number of carboxylic acids is 1. The molecule has 0 aromatic heterocycles. The van der Waals surface area contributed by atoms with Crippen molar-refractivity contribution in [3.63, 3.8) is 0 Å². The van der Waals surface area contributed by atoms with Gasteiger partial charge in [0.15, 0.2) is 6.10 Å². The number of esters is 3. The Bertz CT molecular complexity index is 1330. The Morgan fingerprint density at radius 1 is 0.247 bits per heavy atom. The van der Waals surface area contributed by atoms with Gasteiger partial charge in [-0.2, -0.15) is 0 Å². The molecule has 81 heavy (non-hydrogen) atoms. The number of ether oxygens (including phenoxy) is 3. The molecular weight excluding hydrogens is 1010 g/mol. The van der Waals surface area contributed by atoms with Crippen molar-refractivity contribution in [3.05, 3.63) is 0 Å². The van der Waals surface area contributed by atoms with Gasteiger partial charge in [-0.15, -0.1) is 0 Å². The molecular formula is C71H132O10. The topological polar surface area (TPSA) is 150 Å². The Balaban J connectivity index is 3.81. The van der Waals surface area contributed by atoms with Gasteiger partial charge in [0.25, 0.3) is 0 Å². The maximum absolute atomic E-state index is 12.5. The maximum Gasteiger partial charge on any atom is 0.306 e. The highest BCUT2D eigenvalue weighted by molar-refractivity contribution is 5.78. The van der Waals surface area contributed by atoms with Crippen molar-refractivity contribution in [1.82, 2.24) is 0 Å². The van der Waals surface area contributed by atoms with Crippen molar-refractivity contribution >= 4 is 35.4 Å². The molecule has 0 aliphatic carbocycles. The van der Waals surface area contributed by atoms with Crippen molar-refractivity contribution in [2.24, 2.45) is 0 Å². The van der Waals surface area contributed by atoms with Crippen LogP contribution in [0.25, 0.3) is 0 Å². The van der Waals surface area contributed by atoms with E-state index < -0.39 is 30.0 Å². The van der Waals surface area contributed by atoms with Crippen LogP contribution in [0.1, 0.15) is 399 Å². The summed E-state index contributed by atoms with van der Waals surface area (Å²) in [5, 5.41) is 8.97. The van der Waals surface area contributed by atoms with Gasteiger partial charge in [0, 0.05) is 38.5 Å². The summed E-state index contributed by atoms with van der Waals surface area (Å²) in [6.07, 6.45) is 66.4. The lowest BCUT2D eigenvalue weighted by Gasteiger charge is -2.18. The highest BCUT2D eigenvalue weighted by atomic mass is 16.6. The molecule has 0 aliphatic rings. The van der Waals surface area contributed by atoms with Crippen LogP contribution in [0.3, 0.4) is 0 Å². The molecule has 0 atom stereocenters. The molecule has 0 fully saturated rings. The van der Waals surface area contributed by atoms with Gasteiger partial charge in [0.1, 0.15) is 24.8 Å². The summed E-state index contributed by atoms with van der Waals surface area (Å²) in [5.74, 6) is -1.71. The lowest BCUT2D eigenvalue weighted by Crippen LogP contribution is -2.31. The van der Waals surface area contributed by atoms with E-state index in [-0.39, 0.29) is 38.9 Å². The average Bonchev–Trinajstić information content (AvgIpc) is 3.45. The summed E-state index contributed by atoms with van der Waals surface area (Å²) in [7, 11) is 0. The first-order valence-corrected chi connectivity index (χ1v) is 35.4. The van der Waals surface area contributed by atoms with Crippen molar-refractivity contribution in [2.75, 3.05) is 13.2 Å². The van der Waals surface area contributed by atoms with Gasteiger partial charge in [0.05, 0.1) is 12.8 Å². The number of Topliss-reactive ketones (excluding diaryl/α,β-unsaturated/α-hetero) is 2. The number of rotatable bonds is 68. The number of hydrogen-bond acceptors (Lipinski definition) is 9. The molecule has 0 saturated carbocycles. The average molecular weight is 1150 g/mol. The minimum Gasteiger partial charge on any atom is -0.481 e. The maximum atomic E-state index is 12.5. The molecule has 10 nitrogen and oxygen atoms in total. The second kappa shape index (κ2) is 64.8. The van der Waals surface area contributed by atoms with Crippen LogP contribution >= 0.6 is 0 Å². The van der Waals surface area contributed by atoms with Crippen molar-refractivity contribution in [3.8, 4) is 0 Å². The molecule has 0 bridgehead atoms. The number of carbonyl (C=O) groups excluding carboxylic acids is 5. The molecule has 0 aromatic carbocycles. The zero-order valence-electron chi connectivity index (χ0n) is 53.5. The van der Waals surface area contributed by atoms with Crippen LogP contribution < -0.4 is 0 Å². The van der Waals surface area contributed by atoms with E-state index in [4.69, 9.17) is 19.3 Å². The molecule has 0 spiro atoms. The van der Waals surface area contributed by atoms with E-state index in [0.717, 1.165) is 89.9 Å². The van der Waals surface area contributed by atoms with Crippen LogP contribution in [-0.2, 0) is 43.0 Å². The normalized spacial score (nSPS) is 11.4. The largest absolute Gasteiger partial charge is 0.481 e. The van der Waals surface area contributed by atoms with Crippen LogP contribution in [0.15, 0.2) is 0 Å². The Kier molecular flexibility index (Phi) is 62.6. The fourth-order valence-electron chi connectivity index (χ4n) is 11.1. The Morgan fingerprint density at radius 2 is 0.444 bits per heavy atom.